The first-order valence-corrected chi connectivity index (χ1v) is 7.79. The van der Waals surface area contributed by atoms with E-state index in [2.05, 4.69) is 17.1 Å². The molecule has 18 heavy (non-hydrogen) atoms. The van der Waals surface area contributed by atoms with Crippen LogP contribution < -0.4 is 5.32 Å². The fraction of sp³-hybridized carbons (Fsp3) is 1.00. The molecule has 3 fully saturated rings. The minimum absolute atomic E-state index is 0.406. The van der Waals surface area contributed by atoms with Gasteiger partial charge in [-0.05, 0) is 51.1 Å². The number of piperidine rings is 1. The van der Waals surface area contributed by atoms with Crippen molar-refractivity contribution in [2.24, 2.45) is 11.3 Å². The quantitative estimate of drug-likeness (QED) is 0.808. The summed E-state index contributed by atoms with van der Waals surface area (Å²) < 4.78 is 5.71. The first-order valence-electron chi connectivity index (χ1n) is 7.79. The largest absolute Gasteiger partial charge is 0.381 e. The molecule has 0 aromatic heterocycles. The van der Waals surface area contributed by atoms with E-state index >= 15 is 0 Å². The fourth-order valence-electron chi connectivity index (χ4n) is 3.31. The monoisotopic (exact) mass is 252 g/mol. The summed E-state index contributed by atoms with van der Waals surface area (Å²) >= 11 is 0. The Morgan fingerprint density at radius 2 is 2.00 bits per heavy atom. The van der Waals surface area contributed by atoms with Crippen molar-refractivity contribution in [2.75, 3.05) is 39.4 Å². The highest BCUT2D eigenvalue weighted by atomic mass is 16.5. The van der Waals surface area contributed by atoms with Crippen LogP contribution >= 0.6 is 0 Å². The van der Waals surface area contributed by atoms with E-state index in [1.54, 1.807) is 0 Å². The van der Waals surface area contributed by atoms with Crippen molar-refractivity contribution in [1.82, 2.24) is 10.2 Å². The van der Waals surface area contributed by atoms with Crippen LogP contribution in [0.1, 0.15) is 39.0 Å². The maximum absolute atomic E-state index is 5.71. The van der Waals surface area contributed by atoms with Crippen LogP contribution in [-0.2, 0) is 4.74 Å². The van der Waals surface area contributed by atoms with Crippen LogP contribution in [0.2, 0.25) is 0 Å². The van der Waals surface area contributed by atoms with Gasteiger partial charge in [0, 0.05) is 31.2 Å². The highest BCUT2D eigenvalue weighted by molar-refractivity contribution is 4.92. The maximum atomic E-state index is 5.71. The van der Waals surface area contributed by atoms with Crippen LogP contribution in [0.25, 0.3) is 0 Å². The molecule has 0 bridgehead atoms. The molecule has 3 aliphatic rings. The molecular weight excluding hydrogens is 224 g/mol. The summed E-state index contributed by atoms with van der Waals surface area (Å²) in [6.45, 7) is 9.34. The van der Waals surface area contributed by atoms with E-state index in [0.29, 0.717) is 5.41 Å². The lowest BCUT2D eigenvalue weighted by Crippen LogP contribution is -2.47. The summed E-state index contributed by atoms with van der Waals surface area (Å²) in [7, 11) is 0. The Hall–Kier alpha value is -0.120. The second-order valence-electron chi connectivity index (χ2n) is 6.92. The number of ether oxygens (including phenoxy) is 1. The summed E-state index contributed by atoms with van der Waals surface area (Å²) in [6, 6.07) is 0.823. The van der Waals surface area contributed by atoms with Crippen molar-refractivity contribution < 1.29 is 4.74 Å². The SMILES string of the molecule is CC1CCN(CC2(CNC3CC3)CCOC2)CC1. The van der Waals surface area contributed by atoms with Crippen molar-refractivity contribution in [1.29, 1.82) is 0 Å². The van der Waals surface area contributed by atoms with E-state index < -0.39 is 0 Å². The molecule has 1 aliphatic carbocycles. The third kappa shape index (κ3) is 3.25. The van der Waals surface area contributed by atoms with Gasteiger partial charge in [0.25, 0.3) is 0 Å². The predicted octanol–water partition coefficient (Wildman–Crippen LogP) is 1.88. The zero-order chi connectivity index (χ0) is 12.4. The molecule has 1 N–H and O–H groups in total. The molecule has 0 aromatic carbocycles. The predicted molar refractivity (Wildman–Crippen MR) is 73.7 cm³/mol. The molecule has 0 aromatic rings. The smallest absolute Gasteiger partial charge is 0.0547 e. The summed E-state index contributed by atoms with van der Waals surface area (Å²) in [5.41, 5.74) is 0.406. The maximum Gasteiger partial charge on any atom is 0.0547 e. The number of rotatable bonds is 5. The van der Waals surface area contributed by atoms with Crippen molar-refractivity contribution in [3.63, 3.8) is 0 Å². The molecule has 3 nitrogen and oxygen atoms in total. The van der Waals surface area contributed by atoms with E-state index in [4.69, 9.17) is 4.74 Å². The van der Waals surface area contributed by atoms with E-state index in [0.717, 1.165) is 25.2 Å². The molecule has 1 atom stereocenters. The first kappa shape index (κ1) is 12.9. The van der Waals surface area contributed by atoms with Crippen LogP contribution in [0.15, 0.2) is 0 Å². The van der Waals surface area contributed by atoms with Crippen LogP contribution in [0, 0.1) is 11.3 Å². The zero-order valence-corrected chi connectivity index (χ0v) is 11.8. The van der Waals surface area contributed by atoms with E-state index in [1.807, 2.05) is 0 Å². The standard InChI is InChI=1S/C15H28N2O/c1-13-4-7-17(8-5-13)11-15(6-9-18-12-15)10-16-14-2-3-14/h13-14,16H,2-12H2,1H3. The summed E-state index contributed by atoms with van der Waals surface area (Å²) in [5.74, 6) is 0.932. The van der Waals surface area contributed by atoms with Gasteiger partial charge in [-0.2, -0.15) is 0 Å². The number of likely N-dealkylation sites (tertiary alicyclic amines) is 1. The Balaban J connectivity index is 1.52. The third-order valence-electron chi connectivity index (χ3n) is 4.96. The number of hydrogen-bond donors (Lipinski definition) is 1. The third-order valence-corrected chi connectivity index (χ3v) is 4.96. The molecule has 1 unspecified atom stereocenters. The Morgan fingerprint density at radius 1 is 1.22 bits per heavy atom. The Bertz CT molecular complexity index is 264. The molecular formula is C15H28N2O. The average Bonchev–Trinajstić information content (AvgIpc) is 3.10. The fourth-order valence-corrected chi connectivity index (χ4v) is 3.31. The lowest BCUT2D eigenvalue weighted by molar-refractivity contribution is 0.0890. The van der Waals surface area contributed by atoms with Gasteiger partial charge in [-0.15, -0.1) is 0 Å². The molecule has 0 spiro atoms. The number of hydrogen-bond acceptors (Lipinski definition) is 3. The lowest BCUT2D eigenvalue weighted by atomic mass is 9.85. The minimum Gasteiger partial charge on any atom is -0.381 e. The summed E-state index contributed by atoms with van der Waals surface area (Å²) in [6.07, 6.45) is 6.79. The number of nitrogens with zero attached hydrogens (tertiary/aromatic N) is 1. The van der Waals surface area contributed by atoms with Gasteiger partial charge in [-0.3, -0.25) is 0 Å². The highest BCUT2D eigenvalue weighted by Crippen LogP contribution is 2.32. The molecule has 104 valence electrons. The average molecular weight is 252 g/mol. The zero-order valence-electron chi connectivity index (χ0n) is 11.8. The van der Waals surface area contributed by atoms with Crippen molar-refractivity contribution >= 4 is 0 Å². The van der Waals surface area contributed by atoms with Gasteiger partial charge in [0.05, 0.1) is 6.61 Å². The van der Waals surface area contributed by atoms with Crippen LogP contribution in [0.4, 0.5) is 0 Å². The molecule has 3 heteroatoms. The topological polar surface area (TPSA) is 24.5 Å². The van der Waals surface area contributed by atoms with Crippen molar-refractivity contribution in [2.45, 2.75) is 45.1 Å². The Kier molecular flexibility index (Phi) is 3.92. The molecule has 1 saturated carbocycles. The normalized spacial score (nSPS) is 35.2. The van der Waals surface area contributed by atoms with Gasteiger partial charge in [0.1, 0.15) is 0 Å². The van der Waals surface area contributed by atoms with Gasteiger partial charge in [-0.25, -0.2) is 0 Å². The molecule has 2 heterocycles. The summed E-state index contributed by atoms with van der Waals surface area (Å²) in [5, 5.41) is 3.73. The molecule has 3 rings (SSSR count). The second kappa shape index (κ2) is 5.48. The molecule has 2 saturated heterocycles. The highest BCUT2D eigenvalue weighted by Gasteiger charge is 2.38. The molecule has 0 radical (unpaired) electrons. The van der Waals surface area contributed by atoms with Gasteiger partial charge >= 0.3 is 0 Å². The Morgan fingerprint density at radius 3 is 2.61 bits per heavy atom. The van der Waals surface area contributed by atoms with Gasteiger partial charge in [0.2, 0.25) is 0 Å². The lowest BCUT2D eigenvalue weighted by Gasteiger charge is -2.38. The molecule has 0 amide bonds. The van der Waals surface area contributed by atoms with Crippen LogP contribution in [-0.4, -0.2) is 50.3 Å². The minimum atomic E-state index is 0.406. The van der Waals surface area contributed by atoms with Gasteiger partial charge in [0.15, 0.2) is 0 Å². The van der Waals surface area contributed by atoms with Gasteiger partial charge in [-0.1, -0.05) is 6.92 Å². The van der Waals surface area contributed by atoms with Crippen LogP contribution in [0.5, 0.6) is 0 Å². The van der Waals surface area contributed by atoms with Crippen molar-refractivity contribution in [3.05, 3.63) is 0 Å². The van der Waals surface area contributed by atoms with E-state index in [-0.39, 0.29) is 0 Å². The first-order chi connectivity index (χ1) is 8.76. The van der Waals surface area contributed by atoms with E-state index in [9.17, 15) is 0 Å². The van der Waals surface area contributed by atoms with E-state index in [1.165, 1.54) is 58.3 Å². The molecule has 2 aliphatic heterocycles. The van der Waals surface area contributed by atoms with Gasteiger partial charge < -0.3 is 15.0 Å². The number of nitrogens with one attached hydrogen (secondary N) is 1. The second-order valence-corrected chi connectivity index (χ2v) is 6.92. The Labute approximate surface area is 111 Å². The van der Waals surface area contributed by atoms with Crippen molar-refractivity contribution in [3.8, 4) is 0 Å². The van der Waals surface area contributed by atoms with Crippen LogP contribution in [0.3, 0.4) is 0 Å². The summed E-state index contributed by atoms with van der Waals surface area (Å²) in [4.78, 5) is 2.68.